The van der Waals surface area contributed by atoms with Crippen molar-refractivity contribution in [1.29, 1.82) is 5.26 Å². The maximum atomic E-state index is 9.26. The van der Waals surface area contributed by atoms with Crippen molar-refractivity contribution in [2.45, 2.75) is 63.9 Å². The second-order valence-electron chi connectivity index (χ2n) is 7.93. The molecule has 0 aliphatic heterocycles. The van der Waals surface area contributed by atoms with Gasteiger partial charge in [-0.25, -0.2) is 0 Å². The average molecular weight is 322 g/mol. The number of hydrogen-bond acceptors (Lipinski definition) is 3. The standard InChI is InChI=1S/C21H26N2O/c1-24-18-8-10-21(11-9-18)13-17-7-6-16(5-4-15-2-3-15)12-19(17)20(21)23-14-22/h6-7,12,15,18H,2-5,8-11,13H2,1H3/b23-20-. The van der Waals surface area contributed by atoms with Crippen molar-refractivity contribution in [3.63, 3.8) is 0 Å². The first-order chi connectivity index (χ1) is 11.7. The van der Waals surface area contributed by atoms with Crippen molar-refractivity contribution in [2.24, 2.45) is 16.3 Å². The highest BCUT2D eigenvalue weighted by Crippen LogP contribution is 2.48. The van der Waals surface area contributed by atoms with E-state index in [1.807, 2.05) is 7.11 Å². The van der Waals surface area contributed by atoms with Crippen LogP contribution in [0.25, 0.3) is 0 Å². The largest absolute Gasteiger partial charge is 0.381 e. The smallest absolute Gasteiger partial charge is 0.205 e. The lowest BCUT2D eigenvalue weighted by Crippen LogP contribution is -2.35. The zero-order valence-electron chi connectivity index (χ0n) is 14.6. The molecular weight excluding hydrogens is 296 g/mol. The molecule has 4 rings (SSSR count). The van der Waals surface area contributed by atoms with Crippen LogP contribution >= 0.6 is 0 Å². The Kier molecular flexibility index (Phi) is 4.18. The van der Waals surface area contributed by atoms with E-state index in [-0.39, 0.29) is 5.41 Å². The minimum atomic E-state index is 0.0716. The molecule has 0 heterocycles. The van der Waals surface area contributed by atoms with Gasteiger partial charge in [0, 0.05) is 18.1 Å². The van der Waals surface area contributed by atoms with Gasteiger partial charge in [-0.2, -0.15) is 10.3 Å². The average Bonchev–Trinajstić information content (AvgIpc) is 3.39. The quantitative estimate of drug-likeness (QED) is 0.770. The molecule has 126 valence electrons. The molecule has 3 aliphatic rings. The molecule has 0 aromatic heterocycles. The number of rotatable bonds is 4. The summed E-state index contributed by atoms with van der Waals surface area (Å²) in [5.74, 6) is 0.959. The van der Waals surface area contributed by atoms with Crippen LogP contribution in [0.2, 0.25) is 0 Å². The van der Waals surface area contributed by atoms with Crippen molar-refractivity contribution in [1.82, 2.24) is 0 Å². The van der Waals surface area contributed by atoms with Gasteiger partial charge in [-0.3, -0.25) is 0 Å². The summed E-state index contributed by atoms with van der Waals surface area (Å²) in [7, 11) is 1.81. The van der Waals surface area contributed by atoms with Crippen LogP contribution < -0.4 is 0 Å². The number of aryl methyl sites for hydroxylation is 1. The van der Waals surface area contributed by atoms with E-state index in [0.29, 0.717) is 6.10 Å². The highest BCUT2D eigenvalue weighted by Gasteiger charge is 2.45. The Morgan fingerprint density at radius 2 is 2.04 bits per heavy atom. The SMILES string of the molecule is COC1CCC2(CC1)Cc1ccc(CCC3CC3)cc1/C2=N/C#N. The summed E-state index contributed by atoms with van der Waals surface area (Å²) in [6.07, 6.45) is 13.1. The Hall–Kier alpha value is -1.66. The van der Waals surface area contributed by atoms with Gasteiger partial charge in [-0.1, -0.05) is 25.0 Å². The summed E-state index contributed by atoms with van der Waals surface area (Å²) in [6.45, 7) is 0. The number of aliphatic imine (C=N–C) groups is 1. The van der Waals surface area contributed by atoms with Gasteiger partial charge < -0.3 is 4.74 Å². The number of ether oxygens (including phenoxy) is 1. The van der Waals surface area contributed by atoms with Gasteiger partial charge in [0.1, 0.15) is 0 Å². The minimum absolute atomic E-state index is 0.0716. The molecule has 1 aromatic rings. The second kappa shape index (κ2) is 6.33. The Labute approximate surface area is 144 Å². The number of hydrogen-bond donors (Lipinski definition) is 0. The third kappa shape index (κ3) is 2.89. The molecule has 3 heteroatoms. The van der Waals surface area contributed by atoms with E-state index in [1.54, 1.807) is 0 Å². The molecule has 0 radical (unpaired) electrons. The Bertz CT molecular complexity index is 688. The van der Waals surface area contributed by atoms with Gasteiger partial charge in [0.05, 0.1) is 11.8 Å². The summed E-state index contributed by atoms with van der Waals surface area (Å²) < 4.78 is 5.54. The molecule has 24 heavy (non-hydrogen) atoms. The van der Waals surface area contributed by atoms with Crippen molar-refractivity contribution < 1.29 is 4.74 Å². The molecule has 3 nitrogen and oxygen atoms in total. The lowest BCUT2D eigenvalue weighted by atomic mass is 9.70. The molecule has 1 aromatic carbocycles. The van der Waals surface area contributed by atoms with Crippen molar-refractivity contribution in [3.8, 4) is 6.19 Å². The molecule has 1 spiro atoms. The zero-order chi connectivity index (χ0) is 16.6. The Balaban J connectivity index is 1.60. The van der Waals surface area contributed by atoms with Gasteiger partial charge in [0.15, 0.2) is 0 Å². The monoisotopic (exact) mass is 322 g/mol. The molecule has 0 saturated heterocycles. The third-order valence-electron chi connectivity index (χ3n) is 6.38. The van der Waals surface area contributed by atoms with Crippen molar-refractivity contribution in [3.05, 3.63) is 34.9 Å². The van der Waals surface area contributed by atoms with E-state index >= 15 is 0 Å². The van der Waals surface area contributed by atoms with Crippen LogP contribution in [0.5, 0.6) is 0 Å². The molecule has 0 bridgehead atoms. The van der Waals surface area contributed by atoms with E-state index in [9.17, 15) is 5.26 Å². The van der Waals surface area contributed by atoms with Crippen LogP contribution in [-0.4, -0.2) is 18.9 Å². The van der Waals surface area contributed by atoms with E-state index < -0.39 is 0 Å². The third-order valence-corrected chi connectivity index (χ3v) is 6.38. The zero-order valence-corrected chi connectivity index (χ0v) is 14.6. The lowest BCUT2D eigenvalue weighted by Gasteiger charge is -2.36. The molecule has 0 amide bonds. The molecule has 2 saturated carbocycles. The summed E-state index contributed by atoms with van der Waals surface area (Å²) in [6, 6.07) is 6.91. The Morgan fingerprint density at radius 1 is 1.25 bits per heavy atom. The van der Waals surface area contributed by atoms with Crippen LogP contribution in [0.4, 0.5) is 0 Å². The molecule has 0 N–H and O–H groups in total. The number of methoxy groups -OCH3 is 1. The van der Waals surface area contributed by atoms with Crippen LogP contribution in [0.1, 0.15) is 61.6 Å². The fourth-order valence-electron chi connectivity index (χ4n) is 4.69. The predicted molar refractivity (Wildman–Crippen MR) is 95.0 cm³/mol. The lowest BCUT2D eigenvalue weighted by molar-refractivity contribution is 0.0468. The fraction of sp³-hybridized carbons (Fsp3) is 0.619. The first-order valence-corrected chi connectivity index (χ1v) is 9.36. The van der Waals surface area contributed by atoms with E-state index in [4.69, 9.17) is 4.74 Å². The van der Waals surface area contributed by atoms with E-state index in [1.165, 1.54) is 36.0 Å². The van der Waals surface area contributed by atoms with Gasteiger partial charge in [-0.15, -0.1) is 0 Å². The van der Waals surface area contributed by atoms with Crippen LogP contribution in [0, 0.1) is 22.8 Å². The number of benzene rings is 1. The number of nitrogens with zero attached hydrogens (tertiary/aromatic N) is 2. The van der Waals surface area contributed by atoms with Gasteiger partial charge in [0.2, 0.25) is 6.19 Å². The molecule has 3 aliphatic carbocycles. The maximum Gasteiger partial charge on any atom is 0.205 e. The number of nitriles is 1. The maximum absolute atomic E-state index is 9.26. The van der Waals surface area contributed by atoms with Crippen molar-refractivity contribution >= 4 is 5.71 Å². The summed E-state index contributed by atoms with van der Waals surface area (Å²) in [4.78, 5) is 4.32. The first-order valence-electron chi connectivity index (χ1n) is 9.36. The number of fused-ring (bicyclic) bond motifs is 1. The van der Waals surface area contributed by atoms with Crippen molar-refractivity contribution in [2.75, 3.05) is 7.11 Å². The molecule has 0 unspecified atom stereocenters. The highest BCUT2D eigenvalue weighted by molar-refractivity contribution is 6.09. The van der Waals surface area contributed by atoms with Gasteiger partial charge >= 0.3 is 0 Å². The van der Waals surface area contributed by atoms with E-state index in [2.05, 4.69) is 29.4 Å². The normalized spacial score (nSPS) is 30.5. The van der Waals surface area contributed by atoms with Gasteiger partial charge in [-0.05, 0) is 68.1 Å². The minimum Gasteiger partial charge on any atom is -0.381 e. The molecule has 0 atom stereocenters. The first kappa shape index (κ1) is 15.8. The van der Waals surface area contributed by atoms with Crippen LogP contribution in [0.3, 0.4) is 0 Å². The van der Waals surface area contributed by atoms with Crippen LogP contribution in [-0.2, 0) is 17.6 Å². The van der Waals surface area contributed by atoms with Crippen LogP contribution in [0.15, 0.2) is 23.2 Å². The molecular formula is C21H26N2O. The van der Waals surface area contributed by atoms with Gasteiger partial charge in [0.25, 0.3) is 0 Å². The second-order valence-corrected chi connectivity index (χ2v) is 7.93. The summed E-state index contributed by atoms with van der Waals surface area (Å²) in [5, 5.41) is 9.26. The molecule has 2 fully saturated rings. The fourth-order valence-corrected chi connectivity index (χ4v) is 4.69. The van der Waals surface area contributed by atoms with E-state index in [0.717, 1.165) is 50.2 Å². The topological polar surface area (TPSA) is 45.4 Å². The Morgan fingerprint density at radius 3 is 2.71 bits per heavy atom. The summed E-state index contributed by atoms with van der Waals surface area (Å²) in [5.41, 5.74) is 5.18. The highest BCUT2D eigenvalue weighted by atomic mass is 16.5. The predicted octanol–water partition coefficient (Wildman–Crippen LogP) is 4.43. The summed E-state index contributed by atoms with van der Waals surface area (Å²) >= 11 is 0.